The highest BCUT2D eigenvalue weighted by Gasteiger charge is 2.60. The molecule has 0 amide bonds. The first-order chi connectivity index (χ1) is 23.9. The van der Waals surface area contributed by atoms with Gasteiger partial charge in [-0.2, -0.15) is 0 Å². The lowest BCUT2D eigenvalue weighted by Gasteiger charge is -2.52. The first-order valence-electron chi connectivity index (χ1n) is 16.2. The van der Waals surface area contributed by atoms with E-state index in [2.05, 4.69) is 4.98 Å². The number of carbonyl (C=O) groups is 2. The molecule has 0 spiro atoms. The second kappa shape index (κ2) is 11.7. The summed E-state index contributed by atoms with van der Waals surface area (Å²) in [5, 5.41) is 11.2. The second-order valence-electron chi connectivity index (χ2n) is 13.2. The average molecular weight is 684 g/mol. The van der Waals surface area contributed by atoms with Gasteiger partial charge in [0.25, 0.3) is 5.56 Å². The van der Waals surface area contributed by atoms with Crippen LogP contribution in [0.1, 0.15) is 43.5 Å². The minimum atomic E-state index is -1.30. The molecule has 0 saturated heterocycles. The first-order valence-corrected chi connectivity index (χ1v) is 16.2. The topological polar surface area (TPSA) is 166 Å². The molecule has 2 aromatic carbocycles. The highest BCUT2D eigenvalue weighted by atomic mass is 16.5. The smallest absolute Gasteiger partial charge is 0.347 e. The summed E-state index contributed by atoms with van der Waals surface area (Å²) in [4.78, 5) is 73.7. The van der Waals surface area contributed by atoms with Crippen LogP contribution in [-0.2, 0) is 36.1 Å². The van der Waals surface area contributed by atoms with E-state index in [4.69, 9.17) is 14.2 Å². The van der Waals surface area contributed by atoms with Crippen LogP contribution in [0.2, 0.25) is 0 Å². The molecule has 14 heteroatoms. The van der Waals surface area contributed by atoms with Crippen molar-refractivity contribution in [2.75, 3.05) is 21.3 Å². The number of ether oxygens (including phenoxy) is 3. The largest absolute Gasteiger partial charge is 0.508 e. The van der Waals surface area contributed by atoms with Gasteiger partial charge in [0, 0.05) is 49.5 Å². The lowest BCUT2D eigenvalue weighted by atomic mass is 9.50. The van der Waals surface area contributed by atoms with E-state index in [9.17, 15) is 29.1 Å². The van der Waals surface area contributed by atoms with Gasteiger partial charge >= 0.3 is 11.4 Å². The Labute approximate surface area is 285 Å². The molecule has 1 saturated carbocycles. The Hall–Kier alpha value is -5.66. The van der Waals surface area contributed by atoms with Gasteiger partial charge in [0.1, 0.15) is 17.2 Å². The number of benzene rings is 2. The molecule has 50 heavy (non-hydrogen) atoms. The van der Waals surface area contributed by atoms with Crippen LogP contribution in [0.4, 0.5) is 0 Å². The van der Waals surface area contributed by atoms with E-state index in [-0.39, 0.29) is 54.5 Å². The molecule has 4 aromatic rings. The highest BCUT2D eigenvalue weighted by molar-refractivity contribution is 6.13. The number of phenols is 1. The molecule has 1 N–H and O–H groups in total. The van der Waals surface area contributed by atoms with Crippen LogP contribution in [-0.4, -0.2) is 61.5 Å². The Kier molecular flexibility index (Phi) is 7.72. The zero-order valence-corrected chi connectivity index (χ0v) is 28.6. The summed E-state index contributed by atoms with van der Waals surface area (Å²) < 4.78 is 21.6. The van der Waals surface area contributed by atoms with E-state index in [1.54, 1.807) is 45.2 Å². The molecule has 2 aliphatic carbocycles. The van der Waals surface area contributed by atoms with Crippen LogP contribution >= 0.6 is 0 Å². The van der Waals surface area contributed by atoms with E-state index in [0.717, 1.165) is 4.57 Å². The number of Topliss-reactive ketones (excluding diaryl/α,β-unsaturated/α-hetero) is 1. The lowest BCUT2D eigenvalue weighted by molar-refractivity contribution is -0.139. The number of hydrogen-bond acceptors (Lipinski definition) is 10. The average Bonchev–Trinajstić information content (AvgIpc) is 3.35. The maximum Gasteiger partial charge on any atom is 0.347 e. The van der Waals surface area contributed by atoms with E-state index >= 15 is 0 Å². The predicted octanol–water partition coefficient (Wildman–Crippen LogP) is 2.42. The molecule has 1 aliphatic heterocycles. The third-order valence-corrected chi connectivity index (χ3v) is 10.8. The zero-order chi connectivity index (χ0) is 35.8. The Morgan fingerprint density at radius 2 is 1.68 bits per heavy atom. The van der Waals surface area contributed by atoms with E-state index in [1.807, 2.05) is 6.08 Å². The molecular weight excluding hydrogens is 646 g/mol. The summed E-state index contributed by atoms with van der Waals surface area (Å²) in [5.74, 6) is -1.11. The third kappa shape index (κ3) is 4.53. The van der Waals surface area contributed by atoms with Crippen LogP contribution in [0.15, 0.2) is 68.0 Å². The Morgan fingerprint density at radius 3 is 2.38 bits per heavy atom. The second-order valence-corrected chi connectivity index (χ2v) is 13.2. The molecule has 14 nitrogen and oxygen atoms in total. The van der Waals surface area contributed by atoms with Crippen molar-refractivity contribution in [2.45, 2.75) is 51.7 Å². The molecule has 4 atom stereocenters. The molecule has 0 unspecified atom stereocenters. The van der Waals surface area contributed by atoms with Crippen LogP contribution in [0.25, 0.3) is 11.0 Å². The first kappa shape index (κ1) is 32.9. The van der Waals surface area contributed by atoms with Gasteiger partial charge in [-0.25, -0.2) is 28.5 Å². The zero-order valence-electron chi connectivity index (χ0n) is 28.6. The molecule has 2 aromatic heterocycles. The minimum absolute atomic E-state index is 0.00857. The summed E-state index contributed by atoms with van der Waals surface area (Å²) in [7, 11) is 6.05. The molecule has 7 rings (SSSR count). The number of aryl methyl sites for hydroxylation is 2. The molecular formula is C36H37N5O9. The summed E-state index contributed by atoms with van der Waals surface area (Å²) in [5.41, 5.74) is -0.460. The van der Waals surface area contributed by atoms with E-state index in [0.29, 0.717) is 45.0 Å². The van der Waals surface area contributed by atoms with Crippen molar-refractivity contribution in [3.63, 3.8) is 0 Å². The molecule has 3 heterocycles. The molecule has 3 aliphatic rings. The fourth-order valence-electron chi connectivity index (χ4n) is 8.29. The van der Waals surface area contributed by atoms with E-state index < -0.39 is 34.7 Å². The van der Waals surface area contributed by atoms with Crippen LogP contribution in [0, 0.1) is 11.3 Å². The summed E-state index contributed by atoms with van der Waals surface area (Å²) >= 11 is 0. The van der Waals surface area contributed by atoms with Crippen molar-refractivity contribution in [3.05, 3.63) is 96.2 Å². The summed E-state index contributed by atoms with van der Waals surface area (Å²) in [6.45, 7) is 3.22. The summed E-state index contributed by atoms with van der Waals surface area (Å²) in [6.07, 6.45) is 3.22. The number of carbonyl (C=O) groups excluding carboxylic acids is 2. The number of phenolic OH excluding ortho intramolecular Hbond substituents is 1. The van der Waals surface area contributed by atoms with Crippen LogP contribution < -0.4 is 31.1 Å². The number of ketones is 2. The molecule has 260 valence electrons. The quantitative estimate of drug-likeness (QED) is 0.286. The number of aromatic nitrogens is 5. The number of aromatic hydroxyl groups is 1. The lowest BCUT2D eigenvalue weighted by Crippen LogP contribution is -2.54. The Balaban J connectivity index is 1.32. The van der Waals surface area contributed by atoms with Crippen molar-refractivity contribution in [1.82, 2.24) is 23.5 Å². The number of hydrogen-bond donors (Lipinski definition) is 1. The van der Waals surface area contributed by atoms with Gasteiger partial charge in [-0.05, 0) is 42.7 Å². The highest BCUT2D eigenvalue weighted by Crippen LogP contribution is 2.62. The molecule has 1 fully saturated rings. The maximum absolute atomic E-state index is 14.2. The van der Waals surface area contributed by atoms with Crippen LogP contribution in [0.5, 0.6) is 23.0 Å². The Bertz CT molecular complexity index is 2380. The third-order valence-electron chi connectivity index (χ3n) is 10.8. The number of methoxy groups -OCH3 is 3. The van der Waals surface area contributed by atoms with E-state index in [1.165, 1.54) is 47.4 Å². The monoisotopic (exact) mass is 683 g/mol. The number of fused-ring (bicyclic) bond motifs is 5. The van der Waals surface area contributed by atoms with Gasteiger partial charge in [0.15, 0.2) is 23.1 Å². The van der Waals surface area contributed by atoms with Gasteiger partial charge in [-0.15, -0.1) is 0 Å². The predicted molar refractivity (Wildman–Crippen MR) is 181 cm³/mol. The molecule has 0 radical (unpaired) electrons. The van der Waals surface area contributed by atoms with Crippen molar-refractivity contribution in [2.24, 2.45) is 18.4 Å². The maximum atomic E-state index is 14.2. The van der Waals surface area contributed by atoms with Crippen molar-refractivity contribution in [3.8, 4) is 23.0 Å². The number of nitrogens with zero attached hydrogens (tertiary/aromatic N) is 5. The van der Waals surface area contributed by atoms with Crippen molar-refractivity contribution < 1.29 is 28.9 Å². The van der Waals surface area contributed by atoms with Gasteiger partial charge in [-0.3, -0.25) is 14.4 Å². The normalized spacial score (nSPS) is 22.7. The fourth-order valence-corrected chi connectivity index (χ4v) is 8.29. The number of rotatable bonds is 7. The van der Waals surface area contributed by atoms with Gasteiger partial charge in [-0.1, -0.05) is 19.1 Å². The Morgan fingerprint density at radius 1 is 0.980 bits per heavy atom. The summed E-state index contributed by atoms with van der Waals surface area (Å²) in [6, 6.07) is 7.33. The molecule has 0 bridgehead atoms. The van der Waals surface area contributed by atoms with Crippen molar-refractivity contribution in [1.29, 1.82) is 0 Å². The standard InChI is InChI=1S/C36H37N5O9/c1-18-14-26(43)20-15-23-19(31(36(20,2)32(18)44)30-25(42)8-7-9-27(30)48-4)10-13-40-34(46)39(35(47)41(23)40)12-11-21-33(45)38(3)24-17-29(50-6)28(49-5)16-22(24)37-21/h7-10,14,16-17,20,23,31,42H,11-13,15H2,1-6H3/t20-,23+,31+,36+/m0/s1. The minimum Gasteiger partial charge on any atom is -0.508 e. The van der Waals surface area contributed by atoms with Gasteiger partial charge < -0.3 is 23.9 Å². The van der Waals surface area contributed by atoms with Gasteiger partial charge in [0.2, 0.25) is 0 Å². The number of allylic oxidation sites excluding steroid dienone is 4. The van der Waals surface area contributed by atoms with Crippen molar-refractivity contribution >= 4 is 22.6 Å². The SMILES string of the molecule is COc1cc2nc(CCn3c(=O)n4n(c3=O)[C@@H]3C[C@H]5C(=O)C=C(C)C(=O)[C@@]5(C)[C@@H](c5c(O)cccc5OC)C3=CC4)c(=O)n(C)c2cc1OC. The van der Waals surface area contributed by atoms with Gasteiger partial charge in [0.05, 0.1) is 50.4 Å². The fraction of sp³-hybridized carbons (Fsp3) is 0.389. The van der Waals surface area contributed by atoms with Crippen LogP contribution in [0.3, 0.4) is 0 Å².